The highest BCUT2D eigenvalue weighted by atomic mass is 35.5. The topological polar surface area (TPSA) is 12.5 Å². The lowest BCUT2D eigenvalue weighted by Crippen LogP contribution is -2.16. The minimum absolute atomic E-state index is 0.652. The molecule has 0 N–H and O–H groups in total. The Morgan fingerprint density at radius 2 is 1.83 bits per heavy atom. The van der Waals surface area contributed by atoms with Crippen molar-refractivity contribution >= 4 is 45.5 Å². The van der Waals surface area contributed by atoms with E-state index >= 15 is 0 Å². The molecule has 3 aromatic rings. The predicted molar refractivity (Wildman–Crippen MR) is 103 cm³/mol. The van der Waals surface area contributed by atoms with Crippen LogP contribution in [-0.2, 0) is 11.4 Å². The summed E-state index contributed by atoms with van der Waals surface area (Å²) >= 11 is 9.41. The van der Waals surface area contributed by atoms with E-state index in [0.29, 0.717) is 12.3 Å². The quantitative estimate of drug-likeness (QED) is 0.534. The lowest BCUT2D eigenvalue weighted by atomic mass is 10.1. The lowest BCUT2D eigenvalue weighted by Gasteiger charge is -2.20. The minimum atomic E-state index is 0.652. The maximum atomic E-state index is 6.17. The molecule has 2 aromatic heterocycles. The minimum Gasteiger partial charge on any atom is -0.379 e. The smallest absolute Gasteiger partial charge is 0.159 e. The number of allylic oxidation sites excluding steroid dienone is 1. The van der Waals surface area contributed by atoms with Gasteiger partial charge < -0.3 is 4.84 Å². The second-order valence-electron chi connectivity index (χ2n) is 5.34. The summed E-state index contributed by atoms with van der Waals surface area (Å²) in [4.78, 5) is 8.24. The number of nitrogens with zero attached hydrogens (tertiary/aromatic N) is 1. The standard InChI is InChI=1S/C19H14ClNOS2/c1-13-18(15-8-5-11-23-15)19(16-9-10-17(20)24-16)21(22-13)12-14-6-3-2-4-7-14/h2-11H,1,12H2. The van der Waals surface area contributed by atoms with Gasteiger partial charge in [0.2, 0.25) is 0 Å². The summed E-state index contributed by atoms with van der Waals surface area (Å²) in [5, 5.41) is 3.98. The van der Waals surface area contributed by atoms with Gasteiger partial charge in [0.1, 0.15) is 5.70 Å². The lowest BCUT2D eigenvalue weighted by molar-refractivity contribution is -0.0504. The van der Waals surface area contributed by atoms with Crippen molar-refractivity contribution in [3.8, 4) is 0 Å². The van der Waals surface area contributed by atoms with Gasteiger partial charge in [-0.1, -0.05) is 54.6 Å². The van der Waals surface area contributed by atoms with Crippen LogP contribution in [0.25, 0.3) is 11.3 Å². The molecule has 1 aromatic carbocycles. The molecule has 1 aliphatic rings. The van der Waals surface area contributed by atoms with Gasteiger partial charge in [0, 0.05) is 4.88 Å². The summed E-state index contributed by atoms with van der Waals surface area (Å²) in [7, 11) is 0. The zero-order valence-corrected chi connectivity index (χ0v) is 15.1. The van der Waals surface area contributed by atoms with Gasteiger partial charge in [0.15, 0.2) is 5.76 Å². The van der Waals surface area contributed by atoms with Crippen molar-refractivity contribution < 1.29 is 4.84 Å². The van der Waals surface area contributed by atoms with Crippen LogP contribution in [0.4, 0.5) is 0 Å². The average Bonchev–Trinajstić information content (AvgIpc) is 3.29. The van der Waals surface area contributed by atoms with Crippen LogP contribution in [-0.4, -0.2) is 5.06 Å². The van der Waals surface area contributed by atoms with Crippen LogP contribution in [0.2, 0.25) is 4.34 Å². The Hall–Kier alpha value is -2.01. The zero-order chi connectivity index (χ0) is 16.5. The molecule has 0 radical (unpaired) electrons. The highest BCUT2D eigenvalue weighted by Gasteiger charge is 2.31. The van der Waals surface area contributed by atoms with E-state index in [1.807, 2.05) is 41.5 Å². The molecule has 0 fully saturated rings. The van der Waals surface area contributed by atoms with Crippen LogP contribution in [0.1, 0.15) is 15.3 Å². The second kappa shape index (κ2) is 6.48. The number of rotatable bonds is 4. The fourth-order valence-electron chi connectivity index (χ4n) is 2.70. The van der Waals surface area contributed by atoms with Crippen LogP contribution >= 0.6 is 34.3 Å². The Bertz CT molecular complexity index is 897. The molecule has 0 aliphatic carbocycles. The Morgan fingerprint density at radius 1 is 1.00 bits per heavy atom. The first-order valence-electron chi connectivity index (χ1n) is 7.45. The molecular weight excluding hydrogens is 358 g/mol. The van der Waals surface area contributed by atoms with Crippen LogP contribution < -0.4 is 0 Å². The van der Waals surface area contributed by atoms with Gasteiger partial charge in [-0.15, -0.1) is 22.7 Å². The van der Waals surface area contributed by atoms with Gasteiger partial charge in [0.05, 0.1) is 21.3 Å². The molecular formula is C19H14ClNOS2. The number of benzene rings is 1. The van der Waals surface area contributed by atoms with Crippen molar-refractivity contribution in [2.75, 3.05) is 0 Å². The first-order chi connectivity index (χ1) is 11.7. The predicted octanol–water partition coefficient (Wildman–Crippen LogP) is 6.29. The van der Waals surface area contributed by atoms with E-state index in [2.05, 4.69) is 30.2 Å². The molecule has 0 saturated heterocycles. The van der Waals surface area contributed by atoms with E-state index < -0.39 is 0 Å². The third-order valence-electron chi connectivity index (χ3n) is 3.73. The highest BCUT2D eigenvalue weighted by Crippen LogP contribution is 2.45. The van der Waals surface area contributed by atoms with Crippen molar-refractivity contribution in [1.82, 2.24) is 5.06 Å². The highest BCUT2D eigenvalue weighted by molar-refractivity contribution is 7.17. The molecule has 0 unspecified atom stereocenters. The fourth-order valence-corrected chi connectivity index (χ4v) is 4.59. The first kappa shape index (κ1) is 15.5. The van der Waals surface area contributed by atoms with E-state index in [9.17, 15) is 0 Å². The Morgan fingerprint density at radius 3 is 2.50 bits per heavy atom. The van der Waals surface area contributed by atoms with E-state index in [-0.39, 0.29) is 0 Å². The maximum Gasteiger partial charge on any atom is 0.159 e. The number of hydrogen-bond acceptors (Lipinski definition) is 4. The summed E-state index contributed by atoms with van der Waals surface area (Å²) in [5.41, 5.74) is 3.25. The number of thiophene rings is 2. The van der Waals surface area contributed by atoms with E-state index in [1.165, 1.54) is 5.56 Å². The van der Waals surface area contributed by atoms with E-state index in [4.69, 9.17) is 16.4 Å². The monoisotopic (exact) mass is 371 g/mol. The van der Waals surface area contributed by atoms with Gasteiger partial charge >= 0.3 is 0 Å². The van der Waals surface area contributed by atoms with Gasteiger partial charge in [-0.3, -0.25) is 0 Å². The molecule has 0 atom stereocenters. The van der Waals surface area contributed by atoms with Crippen LogP contribution in [0.15, 0.2) is 72.3 Å². The van der Waals surface area contributed by atoms with Crippen molar-refractivity contribution in [2.24, 2.45) is 0 Å². The van der Waals surface area contributed by atoms with Crippen molar-refractivity contribution in [1.29, 1.82) is 0 Å². The molecule has 0 spiro atoms. The maximum absolute atomic E-state index is 6.17. The molecule has 5 heteroatoms. The van der Waals surface area contributed by atoms with Gasteiger partial charge in [-0.2, -0.15) is 0 Å². The summed E-state index contributed by atoms with van der Waals surface area (Å²) in [6, 6.07) is 18.4. The van der Waals surface area contributed by atoms with Gasteiger partial charge in [0.25, 0.3) is 0 Å². The van der Waals surface area contributed by atoms with E-state index in [0.717, 1.165) is 25.4 Å². The normalized spacial score (nSPS) is 14.4. The number of halogens is 1. The molecule has 3 heterocycles. The van der Waals surface area contributed by atoms with Crippen LogP contribution in [0, 0.1) is 0 Å². The second-order valence-corrected chi connectivity index (χ2v) is 8.00. The number of hydroxylamine groups is 2. The van der Waals surface area contributed by atoms with Crippen LogP contribution in [0.5, 0.6) is 0 Å². The Kier molecular flexibility index (Phi) is 4.19. The first-order valence-corrected chi connectivity index (χ1v) is 9.52. The largest absolute Gasteiger partial charge is 0.379 e. The fraction of sp³-hybridized carbons (Fsp3) is 0.0526. The Balaban J connectivity index is 1.81. The third kappa shape index (κ3) is 2.88. The third-order valence-corrected chi connectivity index (χ3v) is 5.85. The summed E-state index contributed by atoms with van der Waals surface area (Å²) in [6.07, 6.45) is 0. The van der Waals surface area contributed by atoms with Crippen molar-refractivity contribution in [3.05, 3.63) is 92.0 Å². The van der Waals surface area contributed by atoms with E-state index in [1.54, 1.807) is 22.7 Å². The van der Waals surface area contributed by atoms with Crippen LogP contribution in [0.3, 0.4) is 0 Å². The summed E-state index contributed by atoms with van der Waals surface area (Å²) in [5.74, 6) is 0.674. The molecule has 0 saturated carbocycles. The molecule has 2 nitrogen and oxygen atoms in total. The summed E-state index contributed by atoms with van der Waals surface area (Å²) in [6.45, 7) is 4.77. The Labute approximate surface area is 153 Å². The molecule has 1 aliphatic heterocycles. The molecule has 24 heavy (non-hydrogen) atoms. The molecule has 120 valence electrons. The molecule has 0 bridgehead atoms. The zero-order valence-electron chi connectivity index (χ0n) is 12.7. The number of hydrogen-bond donors (Lipinski definition) is 0. The van der Waals surface area contributed by atoms with Gasteiger partial charge in [-0.05, 0) is 29.1 Å². The average molecular weight is 372 g/mol. The molecule has 4 rings (SSSR count). The van der Waals surface area contributed by atoms with Gasteiger partial charge in [-0.25, -0.2) is 5.06 Å². The SMILES string of the molecule is C=C1ON(Cc2ccccc2)C(c2ccc(Cl)s2)=C1c1cccs1. The summed E-state index contributed by atoms with van der Waals surface area (Å²) < 4.78 is 0.764. The molecule has 0 amide bonds. The van der Waals surface area contributed by atoms with Crippen molar-refractivity contribution in [2.45, 2.75) is 6.54 Å². The van der Waals surface area contributed by atoms with Crippen molar-refractivity contribution in [3.63, 3.8) is 0 Å².